The van der Waals surface area contributed by atoms with E-state index in [1.54, 1.807) is 0 Å². The molecule has 0 atom stereocenters. The van der Waals surface area contributed by atoms with Crippen LogP contribution >= 0.6 is 23.0 Å². The van der Waals surface area contributed by atoms with Crippen LogP contribution in [0.3, 0.4) is 0 Å². The highest BCUT2D eigenvalue weighted by molar-refractivity contribution is 14.1. The van der Waals surface area contributed by atoms with E-state index in [9.17, 15) is 0 Å². The van der Waals surface area contributed by atoms with E-state index in [4.69, 9.17) is 13.1 Å². The van der Waals surface area contributed by atoms with E-state index in [0.29, 0.717) is 5.56 Å². The number of nitriles is 1. The highest BCUT2D eigenvalue weighted by Gasteiger charge is 2.35. The van der Waals surface area contributed by atoms with Gasteiger partial charge in [-0.3, -0.25) is 0 Å². The van der Waals surface area contributed by atoms with E-state index >= 15 is 0 Å². The fourth-order valence-corrected chi connectivity index (χ4v) is 2.65. The summed E-state index contributed by atoms with van der Waals surface area (Å²) in [6.07, 6.45) is 1.73. The van der Waals surface area contributed by atoms with Crippen molar-refractivity contribution in [2.45, 2.75) is 18.4 Å². The standard InChI is InChI=1S/C12H12INO2/c13-16-12(5-7-15-8-6-12)11-3-1-10(9-14)2-4-11/h1-4H,5-8H2. The number of hydrogen-bond donors (Lipinski definition) is 0. The quantitative estimate of drug-likeness (QED) is 0.784. The Balaban J connectivity index is 2.29. The van der Waals surface area contributed by atoms with Crippen LogP contribution in [-0.4, -0.2) is 13.2 Å². The maximum Gasteiger partial charge on any atom is 0.110 e. The topological polar surface area (TPSA) is 42.2 Å². The highest BCUT2D eigenvalue weighted by Crippen LogP contribution is 2.37. The lowest BCUT2D eigenvalue weighted by molar-refractivity contribution is -0.0262. The lowest BCUT2D eigenvalue weighted by Gasteiger charge is -2.35. The van der Waals surface area contributed by atoms with Gasteiger partial charge >= 0.3 is 0 Å². The van der Waals surface area contributed by atoms with Crippen molar-refractivity contribution in [3.63, 3.8) is 0 Å². The van der Waals surface area contributed by atoms with Gasteiger partial charge in [-0.25, -0.2) is 0 Å². The first-order valence-electron chi connectivity index (χ1n) is 5.19. The molecule has 0 unspecified atom stereocenters. The molecule has 0 saturated carbocycles. The first kappa shape index (κ1) is 11.8. The molecule has 1 aliphatic rings. The van der Waals surface area contributed by atoms with Crippen molar-refractivity contribution >= 4 is 23.0 Å². The molecule has 1 fully saturated rings. The van der Waals surface area contributed by atoms with E-state index in [1.807, 2.05) is 47.3 Å². The van der Waals surface area contributed by atoms with Crippen LogP contribution in [0.15, 0.2) is 24.3 Å². The number of rotatable bonds is 2. The number of hydrogen-bond acceptors (Lipinski definition) is 3. The molecule has 3 nitrogen and oxygen atoms in total. The Labute approximate surface area is 109 Å². The summed E-state index contributed by atoms with van der Waals surface area (Å²) in [5.41, 5.74) is 1.57. The van der Waals surface area contributed by atoms with Crippen LogP contribution < -0.4 is 0 Å². The van der Waals surface area contributed by atoms with Crippen molar-refractivity contribution in [3.8, 4) is 6.07 Å². The predicted molar refractivity (Wildman–Crippen MR) is 68.0 cm³/mol. The van der Waals surface area contributed by atoms with Gasteiger partial charge < -0.3 is 7.80 Å². The third-order valence-corrected chi connectivity index (χ3v) is 3.83. The van der Waals surface area contributed by atoms with Gasteiger partial charge in [0.2, 0.25) is 0 Å². The Morgan fingerprint density at radius 1 is 1.25 bits per heavy atom. The average molecular weight is 329 g/mol. The summed E-state index contributed by atoms with van der Waals surface area (Å²) in [7, 11) is 0. The van der Waals surface area contributed by atoms with Gasteiger partial charge in [-0.1, -0.05) is 12.1 Å². The zero-order valence-corrected chi connectivity index (χ0v) is 10.9. The molecule has 0 N–H and O–H groups in total. The maximum absolute atomic E-state index is 8.76. The largest absolute Gasteiger partial charge is 0.381 e. The SMILES string of the molecule is N#Cc1ccc(C2(OI)CCOCC2)cc1. The van der Waals surface area contributed by atoms with Gasteiger partial charge in [-0.15, -0.1) is 0 Å². The van der Waals surface area contributed by atoms with Gasteiger partial charge in [0.25, 0.3) is 0 Å². The van der Waals surface area contributed by atoms with Crippen LogP contribution in [0.1, 0.15) is 24.0 Å². The Hall–Kier alpha value is -0.640. The molecule has 0 amide bonds. The molecule has 0 bridgehead atoms. The van der Waals surface area contributed by atoms with Crippen molar-refractivity contribution in [3.05, 3.63) is 35.4 Å². The van der Waals surface area contributed by atoms with Crippen molar-refractivity contribution in [1.29, 1.82) is 5.26 Å². The molecule has 0 aliphatic carbocycles. The molecule has 1 heterocycles. The van der Waals surface area contributed by atoms with Gasteiger partial charge in [0.05, 0.1) is 11.6 Å². The van der Waals surface area contributed by atoms with Crippen LogP contribution in [0.4, 0.5) is 0 Å². The maximum atomic E-state index is 8.76. The first-order valence-corrected chi connectivity index (χ1v) is 6.07. The number of benzene rings is 1. The molecule has 1 aromatic rings. The van der Waals surface area contributed by atoms with E-state index in [0.717, 1.165) is 31.6 Å². The summed E-state index contributed by atoms with van der Waals surface area (Å²) < 4.78 is 11.0. The summed E-state index contributed by atoms with van der Waals surface area (Å²) in [6.45, 7) is 1.45. The minimum atomic E-state index is -0.243. The molecule has 1 saturated heterocycles. The third kappa shape index (κ3) is 2.21. The first-order chi connectivity index (χ1) is 7.80. The lowest BCUT2D eigenvalue weighted by atomic mass is 9.86. The zero-order chi connectivity index (χ0) is 11.4. The van der Waals surface area contributed by atoms with Crippen LogP contribution in [0.2, 0.25) is 0 Å². The van der Waals surface area contributed by atoms with Crippen molar-refractivity contribution in [1.82, 2.24) is 0 Å². The van der Waals surface area contributed by atoms with Crippen molar-refractivity contribution in [2.24, 2.45) is 0 Å². The van der Waals surface area contributed by atoms with E-state index < -0.39 is 0 Å². The molecule has 2 rings (SSSR count). The van der Waals surface area contributed by atoms with Gasteiger partial charge in [0, 0.05) is 26.1 Å². The number of halogens is 1. The Morgan fingerprint density at radius 3 is 2.38 bits per heavy atom. The van der Waals surface area contributed by atoms with Crippen LogP contribution in [0.25, 0.3) is 0 Å². The summed E-state index contributed by atoms with van der Waals surface area (Å²) >= 11 is 1.96. The number of nitrogens with zero attached hydrogens (tertiary/aromatic N) is 1. The Bertz CT molecular complexity index is 390. The molecule has 0 spiro atoms. The summed E-state index contributed by atoms with van der Waals surface area (Å²) in [6, 6.07) is 9.74. The molecule has 84 valence electrons. The van der Waals surface area contributed by atoms with Gasteiger partial charge in [-0.05, 0) is 17.7 Å². The second kappa shape index (κ2) is 5.13. The van der Waals surface area contributed by atoms with Gasteiger partial charge in [0.15, 0.2) is 0 Å². The molecule has 16 heavy (non-hydrogen) atoms. The molecule has 4 heteroatoms. The molecule has 0 radical (unpaired) electrons. The average Bonchev–Trinajstić information content (AvgIpc) is 2.39. The van der Waals surface area contributed by atoms with Crippen molar-refractivity contribution in [2.75, 3.05) is 13.2 Å². The van der Waals surface area contributed by atoms with E-state index in [-0.39, 0.29) is 5.60 Å². The second-order valence-corrected chi connectivity index (χ2v) is 4.31. The summed E-state index contributed by atoms with van der Waals surface area (Å²) in [4.78, 5) is 0. The van der Waals surface area contributed by atoms with Crippen LogP contribution in [0, 0.1) is 11.3 Å². The smallest absolute Gasteiger partial charge is 0.110 e. The molecule has 0 aromatic heterocycles. The second-order valence-electron chi connectivity index (χ2n) is 3.87. The Kier molecular flexibility index (Phi) is 3.79. The highest BCUT2D eigenvalue weighted by atomic mass is 127. The minimum Gasteiger partial charge on any atom is -0.381 e. The predicted octanol–water partition coefficient (Wildman–Crippen LogP) is 2.93. The summed E-state index contributed by atoms with van der Waals surface area (Å²) in [5.74, 6) is 0. The fourth-order valence-electron chi connectivity index (χ4n) is 1.96. The molecule has 1 aliphatic heterocycles. The van der Waals surface area contributed by atoms with Crippen LogP contribution in [0.5, 0.6) is 0 Å². The monoisotopic (exact) mass is 329 g/mol. The normalized spacial score (nSPS) is 19.0. The summed E-state index contributed by atoms with van der Waals surface area (Å²) in [5, 5.41) is 8.76. The van der Waals surface area contributed by atoms with Gasteiger partial charge in [-0.2, -0.15) is 5.26 Å². The van der Waals surface area contributed by atoms with E-state index in [2.05, 4.69) is 6.07 Å². The zero-order valence-electron chi connectivity index (χ0n) is 8.78. The minimum absolute atomic E-state index is 0.243. The Morgan fingerprint density at radius 2 is 1.88 bits per heavy atom. The molecular weight excluding hydrogens is 317 g/mol. The van der Waals surface area contributed by atoms with Crippen LogP contribution in [-0.2, 0) is 13.4 Å². The van der Waals surface area contributed by atoms with Crippen molar-refractivity contribution < 1.29 is 7.80 Å². The number of ether oxygens (including phenoxy) is 1. The molecular formula is C12H12INO2. The lowest BCUT2D eigenvalue weighted by Crippen LogP contribution is -2.34. The third-order valence-electron chi connectivity index (χ3n) is 2.99. The fraction of sp³-hybridized carbons (Fsp3) is 0.417. The van der Waals surface area contributed by atoms with E-state index in [1.165, 1.54) is 0 Å². The molecule has 1 aromatic carbocycles. The van der Waals surface area contributed by atoms with Gasteiger partial charge in [0.1, 0.15) is 28.6 Å².